The third-order valence-corrected chi connectivity index (χ3v) is 4.36. The number of halogens is 17. The lowest BCUT2D eigenvalue weighted by atomic mass is 9.88. The quantitative estimate of drug-likeness (QED) is 0.154. The van der Waals surface area contributed by atoms with E-state index in [4.69, 9.17) is 0 Å². The zero-order chi connectivity index (χ0) is 27.3. The van der Waals surface area contributed by atoms with Gasteiger partial charge in [-0.1, -0.05) is 0 Å². The first-order chi connectivity index (χ1) is 14.0. The molecule has 0 bridgehead atoms. The normalized spacial score (nSPS) is 16.4. The van der Waals surface area contributed by atoms with E-state index in [1.165, 1.54) is 21.1 Å². The molecule has 0 aromatic carbocycles. The fourth-order valence-corrected chi connectivity index (χ4v) is 2.29. The zero-order valence-corrected chi connectivity index (χ0v) is 16.7. The van der Waals surface area contributed by atoms with E-state index in [1.54, 1.807) is 0 Å². The first-order valence-corrected chi connectivity index (χ1v) is 8.47. The van der Waals surface area contributed by atoms with Gasteiger partial charge in [-0.2, -0.15) is 74.6 Å². The summed E-state index contributed by atoms with van der Waals surface area (Å²) in [5, 5.41) is 0. The van der Waals surface area contributed by atoms with Gasteiger partial charge in [-0.05, 0) is 12.8 Å². The lowest BCUT2D eigenvalue weighted by Crippen LogP contribution is -2.74. The van der Waals surface area contributed by atoms with E-state index in [2.05, 4.69) is 0 Å². The molecule has 0 aliphatic carbocycles. The molecule has 0 saturated carbocycles. The number of rotatable bonds is 11. The van der Waals surface area contributed by atoms with E-state index in [1.807, 2.05) is 0 Å². The SMILES string of the molecule is C[N+](C)(C)CCCCC(F)(F)C(F)(F)C(F)(F)C(F)(F)C(F)(F)C(F)(F)C(F)(F)C(F)(F)F. The molecule has 0 saturated heterocycles. The Kier molecular flexibility index (Phi) is 8.15. The van der Waals surface area contributed by atoms with Crippen LogP contribution in [0.2, 0.25) is 0 Å². The van der Waals surface area contributed by atoms with E-state index in [0.29, 0.717) is 0 Å². The molecule has 0 atom stereocenters. The first kappa shape index (κ1) is 31.8. The summed E-state index contributed by atoms with van der Waals surface area (Å²) in [6, 6.07) is 0. The van der Waals surface area contributed by atoms with Gasteiger partial charge < -0.3 is 4.48 Å². The topological polar surface area (TPSA) is 0 Å². The third kappa shape index (κ3) is 5.09. The fourth-order valence-electron chi connectivity index (χ4n) is 2.29. The molecule has 200 valence electrons. The fraction of sp³-hybridized carbons (Fsp3) is 1.00. The number of alkyl halides is 17. The van der Waals surface area contributed by atoms with Crippen LogP contribution < -0.4 is 0 Å². The molecule has 0 heterocycles. The van der Waals surface area contributed by atoms with Crippen LogP contribution in [-0.2, 0) is 0 Å². The molecule has 0 unspecified atom stereocenters. The van der Waals surface area contributed by atoms with Gasteiger partial charge >= 0.3 is 47.6 Å². The van der Waals surface area contributed by atoms with Gasteiger partial charge in [0, 0.05) is 6.42 Å². The molecule has 18 heteroatoms. The maximum atomic E-state index is 13.6. The summed E-state index contributed by atoms with van der Waals surface area (Å²) < 4.78 is 223. The molecule has 0 fully saturated rings. The van der Waals surface area contributed by atoms with Crippen molar-refractivity contribution in [3.63, 3.8) is 0 Å². The Hall–Kier alpha value is -1.23. The van der Waals surface area contributed by atoms with Crippen molar-refractivity contribution in [2.75, 3.05) is 27.7 Å². The average molecular weight is 534 g/mol. The van der Waals surface area contributed by atoms with Gasteiger partial charge in [0.1, 0.15) is 0 Å². The van der Waals surface area contributed by atoms with Gasteiger partial charge in [0.05, 0.1) is 27.7 Å². The summed E-state index contributed by atoms with van der Waals surface area (Å²) in [5.74, 6) is -55.8. The number of nitrogens with zero attached hydrogens (tertiary/aromatic N) is 1. The van der Waals surface area contributed by atoms with Crippen molar-refractivity contribution in [1.82, 2.24) is 0 Å². The minimum atomic E-state index is -8.58. The lowest BCUT2D eigenvalue weighted by molar-refractivity contribution is -0.870. The van der Waals surface area contributed by atoms with Gasteiger partial charge in [0.25, 0.3) is 0 Å². The third-order valence-electron chi connectivity index (χ3n) is 4.36. The van der Waals surface area contributed by atoms with Crippen LogP contribution in [0.15, 0.2) is 0 Å². The minimum absolute atomic E-state index is 0.0188. The van der Waals surface area contributed by atoms with E-state index >= 15 is 0 Å². The molecule has 0 aliphatic rings. The molecule has 0 aliphatic heterocycles. The van der Waals surface area contributed by atoms with E-state index < -0.39 is 66.9 Å². The molecule has 0 radical (unpaired) electrons. The molecule has 0 amide bonds. The van der Waals surface area contributed by atoms with Crippen LogP contribution in [0.4, 0.5) is 74.6 Å². The maximum absolute atomic E-state index is 13.6. The second-order valence-corrected chi connectivity index (χ2v) is 8.12. The Bertz CT molecular complexity index is 671. The van der Waals surface area contributed by atoms with Gasteiger partial charge in [-0.3, -0.25) is 0 Å². The smallest absolute Gasteiger partial charge is 0.331 e. The molecular formula is C15H17F17N+. The minimum Gasteiger partial charge on any atom is -0.331 e. The van der Waals surface area contributed by atoms with Crippen molar-refractivity contribution in [1.29, 1.82) is 0 Å². The van der Waals surface area contributed by atoms with Gasteiger partial charge in [-0.15, -0.1) is 0 Å². The number of quaternary nitrogens is 1. The monoisotopic (exact) mass is 534 g/mol. The van der Waals surface area contributed by atoms with Gasteiger partial charge in [0.2, 0.25) is 0 Å². The highest BCUT2D eigenvalue weighted by atomic mass is 19.4. The van der Waals surface area contributed by atoms with Gasteiger partial charge in [0.15, 0.2) is 0 Å². The molecule has 0 aromatic heterocycles. The van der Waals surface area contributed by atoms with E-state index in [9.17, 15) is 74.6 Å². The predicted octanol–water partition coefficient (Wildman–Crippen LogP) is 6.87. The second kappa shape index (κ2) is 8.46. The first-order valence-electron chi connectivity index (χ1n) is 8.47. The number of hydrogen-bond donors (Lipinski definition) is 0. The Morgan fingerprint density at radius 3 is 1.03 bits per heavy atom. The molecule has 0 spiro atoms. The summed E-state index contributed by atoms with van der Waals surface area (Å²) in [7, 11) is 4.38. The highest BCUT2D eigenvalue weighted by Crippen LogP contribution is 2.64. The Labute approximate surface area is 175 Å². The lowest BCUT2D eigenvalue weighted by Gasteiger charge is -2.42. The maximum Gasteiger partial charge on any atom is 0.460 e. The molecule has 33 heavy (non-hydrogen) atoms. The summed E-state index contributed by atoms with van der Waals surface area (Å²) in [6.45, 7) is -0.0645. The molecule has 1 nitrogen and oxygen atoms in total. The summed E-state index contributed by atoms with van der Waals surface area (Å²) in [5.41, 5.74) is 0. The van der Waals surface area contributed by atoms with E-state index in [-0.39, 0.29) is 11.0 Å². The van der Waals surface area contributed by atoms with Crippen LogP contribution in [0.5, 0.6) is 0 Å². The summed E-state index contributed by atoms with van der Waals surface area (Å²) in [4.78, 5) is 0. The van der Waals surface area contributed by atoms with Crippen LogP contribution in [-0.4, -0.2) is 79.8 Å². The highest BCUT2D eigenvalue weighted by Gasteiger charge is 2.95. The average Bonchev–Trinajstić information content (AvgIpc) is 2.55. The number of hydrogen-bond acceptors (Lipinski definition) is 0. The van der Waals surface area contributed by atoms with Crippen LogP contribution in [0.3, 0.4) is 0 Å². The Balaban J connectivity index is 6.26. The van der Waals surface area contributed by atoms with Gasteiger partial charge in [-0.25, -0.2) is 0 Å². The zero-order valence-electron chi connectivity index (χ0n) is 16.7. The van der Waals surface area contributed by atoms with Crippen molar-refractivity contribution in [2.45, 2.75) is 66.9 Å². The molecular weight excluding hydrogens is 517 g/mol. The summed E-state index contributed by atoms with van der Waals surface area (Å²) >= 11 is 0. The standard InChI is InChI=1S/C15H17F17N/c1-33(2,3)7-5-4-6-8(16,17)9(18,19)10(20,21)11(22,23)12(24,25)13(26,27)14(28,29)15(30,31)32/h4-7H2,1-3H3/q+1. The van der Waals surface area contributed by atoms with Crippen LogP contribution >= 0.6 is 0 Å². The molecule has 0 aromatic rings. The van der Waals surface area contributed by atoms with Crippen LogP contribution in [0.25, 0.3) is 0 Å². The number of unbranched alkanes of at least 4 members (excludes halogenated alkanes) is 1. The molecule has 0 N–H and O–H groups in total. The second-order valence-electron chi connectivity index (χ2n) is 8.12. The van der Waals surface area contributed by atoms with Crippen molar-refractivity contribution in [2.24, 2.45) is 0 Å². The van der Waals surface area contributed by atoms with Crippen molar-refractivity contribution in [3.05, 3.63) is 0 Å². The van der Waals surface area contributed by atoms with Crippen molar-refractivity contribution >= 4 is 0 Å². The molecule has 0 rings (SSSR count). The van der Waals surface area contributed by atoms with Crippen molar-refractivity contribution in [3.8, 4) is 0 Å². The Morgan fingerprint density at radius 1 is 0.424 bits per heavy atom. The largest absolute Gasteiger partial charge is 0.460 e. The Morgan fingerprint density at radius 2 is 0.727 bits per heavy atom. The predicted molar refractivity (Wildman–Crippen MR) is 77.4 cm³/mol. The van der Waals surface area contributed by atoms with Crippen LogP contribution in [0, 0.1) is 0 Å². The van der Waals surface area contributed by atoms with Crippen molar-refractivity contribution < 1.29 is 79.1 Å². The highest BCUT2D eigenvalue weighted by molar-refractivity contribution is 5.15. The summed E-state index contributed by atoms with van der Waals surface area (Å²) in [6.07, 6.45) is -11.6. The van der Waals surface area contributed by atoms with Crippen LogP contribution in [0.1, 0.15) is 19.3 Å². The van der Waals surface area contributed by atoms with E-state index in [0.717, 1.165) is 0 Å².